The van der Waals surface area contributed by atoms with Crippen molar-refractivity contribution in [2.75, 3.05) is 0 Å². The molecule has 0 fully saturated rings. The highest BCUT2D eigenvalue weighted by molar-refractivity contribution is 5.80. The van der Waals surface area contributed by atoms with Crippen LogP contribution in [-0.4, -0.2) is 0 Å². The smallest absolute Gasteiger partial charge is 0.0237 e. The molecule has 2 unspecified atom stereocenters. The molecule has 0 heteroatoms. The van der Waals surface area contributed by atoms with Gasteiger partial charge in [0.05, 0.1) is 0 Å². The molecule has 0 aliphatic heterocycles. The quantitative estimate of drug-likeness (QED) is 0.642. The molecule has 0 aromatic heterocycles. The van der Waals surface area contributed by atoms with Crippen molar-refractivity contribution in [3.05, 3.63) is 65.8 Å². The van der Waals surface area contributed by atoms with Gasteiger partial charge >= 0.3 is 0 Å². The maximum Gasteiger partial charge on any atom is 0.0237 e. The van der Waals surface area contributed by atoms with Crippen molar-refractivity contribution in [3.8, 4) is 12.3 Å². The summed E-state index contributed by atoms with van der Waals surface area (Å²) >= 11 is 0. The molecule has 0 bridgehead atoms. The predicted octanol–water partition coefficient (Wildman–Crippen LogP) is 5.35. The van der Waals surface area contributed by atoms with Crippen molar-refractivity contribution in [2.45, 2.75) is 32.6 Å². The van der Waals surface area contributed by atoms with Gasteiger partial charge < -0.3 is 0 Å². The number of hydrogen-bond acceptors (Lipinski definition) is 0. The number of rotatable bonds is 4. The van der Waals surface area contributed by atoms with Crippen molar-refractivity contribution >= 4 is 5.57 Å². The molecule has 0 saturated heterocycles. The van der Waals surface area contributed by atoms with Crippen LogP contribution in [-0.2, 0) is 0 Å². The highest BCUT2D eigenvalue weighted by atomic mass is 14.2. The first-order valence-corrected chi connectivity index (χ1v) is 7.26. The minimum Gasteiger partial charge on any atom is -0.120 e. The Morgan fingerprint density at radius 1 is 1.30 bits per heavy atom. The first kappa shape index (κ1) is 14.4. The molecule has 2 atom stereocenters. The molecule has 1 aliphatic carbocycles. The highest BCUT2D eigenvalue weighted by Crippen LogP contribution is 2.29. The second-order valence-corrected chi connectivity index (χ2v) is 5.49. The Labute approximate surface area is 122 Å². The lowest BCUT2D eigenvalue weighted by Crippen LogP contribution is -2.04. The molecule has 0 amide bonds. The molecule has 0 radical (unpaired) electrons. The molecule has 0 heterocycles. The van der Waals surface area contributed by atoms with Crippen LogP contribution in [0.3, 0.4) is 0 Å². The summed E-state index contributed by atoms with van der Waals surface area (Å²) in [6, 6.07) is 8.61. The maximum absolute atomic E-state index is 5.54. The summed E-state index contributed by atoms with van der Waals surface area (Å²) in [5.41, 5.74) is 4.82. The maximum atomic E-state index is 5.54. The standard InChI is InChI=1S/C20H22/c1-5-15(2)16(3)19-12-9-13-20(14-19)17(4)18-10-7-6-8-11-18/h1,7,9-16H,4,6,8H2,2-3H3. The van der Waals surface area contributed by atoms with Gasteiger partial charge in [-0.2, -0.15) is 0 Å². The van der Waals surface area contributed by atoms with Crippen LogP contribution in [0.1, 0.15) is 43.7 Å². The third-order valence-corrected chi connectivity index (χ3v) is 4.12. The van der Waals surface area contributed by atoms with Gasteiger partial charge in [0.2, 0.25) is 0 Å². The molecule has 1 aromatic carbocycles. The van der Waals surface area contributed by atoms with Crippen molar-refractivity contribution in [2.24, 2.45) is 5.92 Å². The average Bonchev–Trinajstić information content (AvgIpc) is 2.53. The SMILES string of the molecule is C#CC(C)C(C)c1cccc(C(=C)C2=CCCC=C2)c1. The van der Waals surface area contributed by atoms with Gasteiger partial charge in [0.15, 0.2) is 0 Å². The Morgan fingerprint density at radius 3 is 2.75 bits per heavy atom. The zero-order valence-corrected chi connectivity index (χ0v) is 12.4. The topological polar surface area (TPSA) is 0 Å². The second-order valence-electron chi connectivity index (χ2n) is 5.49. The van der Waals surface area contributed by atoms with Crippen LogP contribution >= 0.6 is 0 Å². The van der Waals surface area contributed by atoms with Gasteiger partial charge in [-0.15, -0.1) is 12.3 Å². The van der Waals surface area contributed by atoms with Crippen molar-refractivity contribution in [1.82, 2.24) is 0 Å². The van der Waals surface area contributed by atoms with Crippen LogP contribution in [0.15, 0.2) is 54.6 Å². The van der Waals surface area contributed by atoms with Crippen LogP contribution < -0.4 is 0 Å². The number of allylic oxidation sites excluding steroid dienone is 5. The van der Waals surface area contributed by atoms with E-state index in [1.165, 1.54) is 16.7 Å². The van der Waals surface area contributed by atoms with E-state index in [1.807, 2.05) is 0 Å². The molecule has 0 nitrogen and oxygen atoms in total. The first-order valence-electron chi connectivity index (χ1n) is 7.26. The van der Waals surface area contributed by atoms with Crippen LogP contribution in [0.5, 0.6) is 0 Å². The molecule has 0 saturated carbocycles. The minimum absolute atomic E-state index is 0.243. The molecular formula is C20H22. The lowest BCUT2D eigenvalue weighted by atomic mass is 9.87. The first-order chi connectivity index (χ1) is 9.63. The van der Waals surface area contributed by atoms with E-state index in [4.69, 9.17) is 6.42 Å². The largest absolute Gasteiger partial charge is 0.120 e. The van der Waals surface area contributed by atoms with E-state index < -0.39 is 0 Å². The summed E-state index contributed by atoms with van der Waals surface area (Å²) in [4.78, 5) is 0. The van der Waals surface area contributed by atoms with Crippen LogP contribution in [0.2, 0.25) is 0 Å². The van der Waals surface area contributed by atoms with Gasteiger partial charge in [-0.25, -0.2) is 0 Å². The van der Waals surface area contributed by atoms with Crippen molar-refractivity contribution < 1.29 is 0 Å². The number of benzene rings is 1. The number of hydrogen-bond donors (Lipinski definition) is 0. The Hall–Kier alpha value is -2.00. The van der Waals surface area contributed by atoms with E-state index in [2.05, 4.69) is 68.8 Å². The molecule has 0 N–H and O–H groups in total. The lowest BCUT2D eigenvalue weighted by Gasteiger charge is -2.17. The molecule has 0 spiro atoms. The lowest BCUT2D eigenvalue weighted by molar-refractivity contribution is 0.610. The molecule has 20 heavy (non-hydrogen) atoms. The molecule has 1 aliphatic rings. The number of terminal acetylenes is 1. The van der Waals surface area contributed by atoms with Gasteiger partial charge in [0.1, 0.15) is 0 Å². The van der Waals surface area contributed by atoms with E-state index >= 15 is 0 Å². The van der Waals surface area contributed by atoms with E-state index in [1.54, 1.807) is 0 Å². The summed E-state index contributed by atoms with van der Waals surface area (Å²) in [6.07, 6.45) is 14.4. The third-order valence-electron chi connectivity index (χ3n) is 4.12. The van der Waals surface area contributed by atoms with Gasteiger partial charge in [0.25, 0.3) is 0 Å². The summed E-state index contributed by atoms with van der Waals surface area (Å²) < 4.78 is 0. The fourth-order valence-electron chi connectivity index (χ4n) is 2.45. The normalized spacial score (nSPS) is 16.9. The Bertz CT molecular complexity index is 593. The van der Waals surface area contributed by atoms with Gasteiger partial charge in [-0.3, -0.25) is 0 Å². The van der Waals surface area contributed by atoms with Crippen LogP contribution in [0.25, 0.3) is 5.57 Å². The van der Waals surface area contributed by atoms with Crippen molar-refractivity contribution in [1.29, 1.82) is 0 Å². The zero-order valence-electron chi connectivity index (χ0n) is 12.4. The fourth-order valence-corrected chi connectivity index (χ4v) is 2.45. The van der Waals surface area contributed by atoms with Gasteiger partial charge in [0, 0.05) is 5.92 Å². The predicted molar refractivity (Wildman–Crippen MR) is 88.3 cm³/mol. The zero-order chi connectivity index (χ0) is 14.5. The summed E-state index contributed by atoms with van der Waals surface area (Å²) in [7, 11) is 0. The molecule has 102 valence electrons. The molecule has 2 rings (SSSR count). The average molecular weight is 262 g/mol. The van der Waals surface area contributed by atoms with Crippen LogP contribution in [0, 0.1) is 18.3 Å². The second kappa shape index (κ2) is 6.44. The summed E-state index contributed by atoms with van der Waals surface area (Å²) in [6.45, 7) is 8.54. The molecular weight excluding hydrogens is 240 g/mol. The fraction of sp³-hybridized carbons (Fsp3) is 0.300. The van der Waals surface area contributed by atoms with Gasteiger partial charge in [-0.1, -0.05) is 62.9 Å². The summed E-state index contributed by atoms with van der Waals surface area (Å²) in [5.74, 6) is 3.44. The van der Waals surface area contributed by atoms with E-state index in [0.717, 1.165) is 18.4 Å². The highest BCUT2D eigenvalue weighted by Gasteiger charge is 2.13. The monoisotopic (exact) mass is 262 g/mol. The Kier molecular flexibility index (Phi) is 4.64. The molecule has 1 aromatic rings. The third kappa shape index (κ3) is 3.11. The Balaban J connectivity index is 2.26. The minimum atomic E-state index is 0.243. The summed E-state index contributed by atoms with van der Waals surface area (Å²) in [5, 5.41) is 0. The van der Waals surface area contributed by atoms with E-state index in [9.17, 15) is 0 Å². The van der Waals surface area contributed by atoms with E-state index in [0.29, 0.717) is 5.92 Å². The Morgan fingerprint density at radius 2 is 2.10 bits per heavy atom. The van der Waals surface area contributed by atoms with Gasteiger partial charge in [-0.05, 0) is 41.0 Å². The van der Waals surface area contributed by atoms with Crippen LogP contribution in [0.4, 0.5) is 0 Å². The van der Waals surface area contributed by atoms with E-state index in [-0.39, 0.29) is 5.92 Å². The van der Waals surface area contributed by atoms with Crippen molar-refractivity contribution in [3.63, 3.8) is 0 Å².